The molecule has 3 aromatic rings. The first-order valence-corrected chi connectivity index (χ1v) is 11.9. The third kappa shape index (κ3) is 4.29. The van der Waals surface area contributed by atoms with Crippen molar-refractivity contribution in [2.75, 3.05) is 19.6 Å². The smallest absolute Gasteiger partial charge is 0.254 e. The zero-order valence-corrected chi connectivity index (χ0v) is 18.5. The first-order chi connectivity index (χ1) is 15.7. The topological polar surface area (TPSA) is 56.4 Å². The summed E-state index contributed by atoms with van der Waals surface area (Å²) in [5, 5.41) is 1.12. The van der Waals surface area contributed by atoms with Gasteiger partial charge in [0.25, 0.3) is 5.91 Å². The summed E-state index contributed by atoms with van der Waals surface area (Å²) in [6.45, 7) is 2.35. The maximum Gasteiger partial charge on any atom is 0.254 e. The molecule has 0 bridgehead atoms. The van der Waals surface area contributed by atoms with E-state index in [1.807, 2.05) is 53.6 Å². The predicted molar refractivity (Wildman–Crippen MR) is 126 cm³/mol. The quantitative estimate of drug-likeness (QED) is 0.642. The highest BCUT2D eigenvalue weighted by Gasteiger charge is 2.39. The Morgan fingerprint density at radius 1 is 1.00 bits per heavy atom. The second-order valence-electron chi connectivity index (χ2n) is 9.22. The first kappa shape index (κ1) is 20.8. The van der Waals surface area contributed by atoms with E-state index in [1.165, 1.54) is 5.56 Å². The van der Waals surface area contributed by atoms with Crippen molar-refractivity contribution in [1.29, 1.82) is 0 Å². The third-order valence-corrected chi connectivity index (χ3v) is 7.18. The molecule has 0 saturated carbocycles. The van der Waals surface area contributed by atoms with Gasteiger partial charge >= 0.3 is 0 Å². The number of amides is 2. The lowest BCUT2D eigenvalue weighted by Gasteiger charge is -2.47. The number of aromatic amines is 1. The Morgan fingerprint density at radius 3 is 2.75 bits per heavy atom. The number of hydrogen-bond donors (Lipinski definition) is 1. The SMILES string of the molecule is O=C(CCCc1ccccc1)N1CC[C@H]2[C@H](CCCN2C(=O)c2ccc3cc[nH]c3c2)C1. The van der Waals surface area contributed by atoms with Crippen LogP contribution < -0.4 is 0 Å². The number of likely N-dealkylation sites (tertiary alicyclic amines) is 2. The van der Waals surface area contributed by atoms with E-state index in [0.717, 1.165) is 68.2 Å². The summed E-state index contributed by atoms with van der Waals surface area (Å²) >= 11 is 0. The number of aromatic nitrogens is 1. The van der Waals surface area contributed by atoms with E-state index in [9.17, 15) is 9.59 Å². The molecule has 2 aliphatic rings. The van der Waals surface area contributed by atoms with Crippen LogP contribution in [0.25, 0.3) is 10.9 Å². The number of nitrogens with zero attached hydrogens (tertiary/aromatic N) is 2. The molecular weight excluding hydrogens is 398 g/mol. The maximum atomic E-state index is 13.3. The first-order valence-electron chi connectivity index (χ1n) is 11.9. The number of aryl methyl sites for hydroxylation is 1. The number of hydrogen-bond acceptors (Lipinski definition) is 2. The number of piperidine rings is 2. The second kappa shape index (κ2) is 9.19. The maximum absolute atomic E-state index is 13.3. The summed E-state index contributed by atoms with van der Waals surface area (Å²) in [5.41, 5.74) is 3.04. The fraction of sp³-hybridized carbons (Fsp3) is 0.407. The van der Waals surface area contributed by atoms with Gasteiger partial charge in [0.05, 0.1) is 0 Å². The number of carbonyl (C=O) groups excluding carboxylic acids is 2. The van der Waals surface area contributed by atoms with Gasteiger partial charge in [0.2, 0.25) is 5.91 Å². The van der Waals surface area contributed by atoms with Crippen LogP contribution in [0.5, 0.6) is 0 Å². The standard InChI is InChI=1S/C27H31N3O2/c31-26(10-4-8-20-6-2-1-3-7-20)29-17-14-25-23(19-29)9-5-16-30(25)27(32)22-12-11-21-13-15-28-24(21)18-22/h1-3,6-7,11-13,15,18,23,25,28H,4-5,8-10,14,16-17,19H2/t23-,25+/m1/s1. The molecule has 2 atom stereocenters. The molecule has 0 radical (unpaired) electrons. The van der Waals surface area contributed by atoms with Gasteiger partial charge in [0, 0.05) is 49.4 Å². The average Bonchev–Trinajstić information content (AvgIpc) is 3.31. The molecule has 32 heavy (non-hydrogen) atoms. The molecule has 5 rings (SSSR count). The summed E-state index contributed by atoms with van der Waals surface area (Å²) in [7, 11) is 0. The number of H-pyrrole nitrogens is 1. The van der Waals surface area contributed by atoms with E-state index < -0.39 is 0 Å². The van der Waals surface area contributed by atoms with E-state index in [0.29, 0.717) is 12.3 Å². The van der Waals surface area contributed by atoms with Crippen LogP contribution in [0.1, 0.15) is 48.0 Å². The molecule has 2 fully saturated rings. The van der Waals surface area contributed by atoms with Gasteiger partial charge in [0.1, 0.15) is 0 Å². The zero-order chi connectivity index (χ0) is 21.9. The van der Waals surface area contributed by atoms with Crippen LogP contribution in [0.3, 0.4) is 0 Å². The van der Waals surface area contributed by atoms with E-state index in [1.54, 1.807) is 0 Å². The largest absolute Gasteiger partial charge is 0.361 e. The Hall–Kier alpha value is -3.08. The van der Waals surface area contributed by atoms with Crippen LogP contribution in [0, 0.1) is 5.92 Å². The molecule has 2 amide bonds. The highest BCUT2D eigenvalue weighted by Crippen LogP contribution is 2.32. The summed E-state index contributed by atoms with van der Waals surface area (Å²) in [6, 6.07) is 18.5. The third-order valence-electron chi connectivity index (χ3n) is 7.18. The highest BCUT2D eigenvalue weighted by molar-refractivity contribution is 5.98. The minimum absolute atomic E-state index is 0.124. The molecule has 2 aromatic carbocycles. The average molecular weight is 430 g/mol. The lowest BCUT2D eigenvalue weighted by molar-refractivity contribution is -0.134. The van der Waals surface area contributed by atoms with Crippen LogP contribution in [-0.2, 0) is 11.2 Å². The van der Waals surface area contributed by atoms with Gasteiger partial charge in [-0.2, -0.15) is 0 Å². The van der Waals surface area contributed by atoms with Gasteiger partial charge in [-0.3, -0.25) is 9.59 Å². The van der Waals surface area contributed by atoms with Crippen LogP contribution in [0.15, 0.2) is 60.8 Å². The Balaban J connectivity index is 1.19. The predicted octanol–water partition coefficient (Wildman–Crippen LogP) is 4.64. The normalized spacial score (nSPS) is 20.9. The van der Waals surface area contributed by atoms with Crippen molar-refractivity contribution in [2.45, 2.75) is 44.6 Å². The molecule has 1 N–H and O–H groups in total. The molecule has 2 aliphatic heterocycles. The number of carbonyl (C=O) groups is 2. The van der Waals surface area contributed by atoms with Gasteiger partial charge < -0.3 is 14.8 Å². The van der Waals surface area contributed by atoms with Gasteiger partial charge in [-0.15, -0.1) is 0 Å². The van der Waals surface area contributed by atoms with Gasteiger partial charge in [-0.05, 0) is 67.2 Å². The minimum Gasteiger partial charge on any atom is -0.361 e. The van der Waals surface area contributed by atoms with Gasteiger partial charge in [0.15, 0.2) is 0 Å². The highest BCUT2D eigenvalue weighted by atomic mass is 16.2. The second-order valence-corrected chi connectivity index (χ2v) is 9.22. The van der Waals surface area contributed by atoms with Crippen molar-refractivity contribution in [3.63, 3.8) is 0 Å². The Morgan fingerprint density at radius 2 is 1.88 bits per heavy atom. The Labute approximate surface area is 189 Å². The Bertz CT molecular complexity index is 1090. The van der Waals surface area contributed by atoms with Crippen molar-refractivity contribution < 1.29 is 9.59 Å². The lowest BCUT2D eigenvalue weighted by Crippen LogP contribution is -2.56. The molecule has 5 heteroatoms. The summed E-state index contributed by atoms with van der Waals surface area (Å²) in [4.78, 5) is 33.5. The van der Waals surface area contributed by atoms with E-state index in [-0.39, 0.29) is 17.9 Å². The van der Waals surface area contributed by atoms with Crippen molar-refractivity contribution in [3.05, 3.63) is 71.9 Å². The monoisotopic (exact) mass is 429 g/mol. The van der Waals surface area contributed by atoms with Crippen LogP contribution in [-0.4, -0.2) is 52.3 Å². The lowest BCUT2D eigenvalue weighted by atomic mass is 9.83. The Kier molecular flexibility index (Phi) is 5.97. The van der Waals surface area contributed by atoms with Gasteiger partial charge in [-0.25, -0.2) is 0 Å². The molecule has 0 aliphatic carbocycles. The van der Waals surface area contributed by atoms with Crippen molar-refractivity contribution in [3.8, 4) is 0 Å². The van der Waals surface area contributed by atoms with Crippen LogP contribution in [0.2, 0.25) is 0 Å². The molecule has 3 heterocycles. The van der Waals surface area contributed by atoms with Crippen molar-refractivity contribution in [1.82, 2.24) is 14.8 Å². The fourth-order valence-corrected chi connectivity index (χ4v) is 5.48. The van der Waals surface area contributed by atoms with Crippen molar-refractivity contribution in [2.24, 2.45) is 5.92 Å². The van der Waals surface area contributed by atoms with E-state index >= 15 is 0 Å². The zero-order valence-electron chi connectivity index (χ0n) is 18.5. The number of fused-ring (bicyclic) bond motifs is 2. The summed E-state index contributed by atoms with van der Waals surface area (Å²) < 4.78 is 0. The van der Waals surface area contributed by atoms with Crippen LogP contribution in [0.4, 0.5) is 0 Å². The number of nitrogens with one attached hydrogen (secondary N) is 1. The fourth-order valence-electron chi connectivity index (χ4n) is 5.48. The molecule has 2 saturated heterocycles. The number of benzene rings is 2. The molecule has 5 nitrogen and oxygen atoms in total. The summed E-state index contributed by atoms with van der Waals surface area (Å²) in [6.07, 6.45) is 7.32. The van der Waals surface area contributed by atoms with E-state index in [4.69, 9.17) is 0 Å². The molecule has 0 spiro atoms. The molecule has 166 valence electrons. The molecule has 0 unspecified atom stereocenters. The minimum atomic E-state index is 0.124. The van der Waals surface area contributed by atoms with E-state index in [2.05, 4.69) is 22.0 Å². The van der Waals surface area contributed by atoms with Gasteiger partial charge in [-0.1, -0.05) is 36.4 Å². The molecule has 1 aromatic heterocycles. The molecular formula is C27H31N3O2. The van der Waals surface area contributed by atoms with Crippen molar-refractivity contribution >= 4 is 22.7 Å². The summed E-state index contributed by atoms with van der Waals surface area (Å²) in [5.74, 6) is 0.771. The van der Waals surface area contributed by atoms with Crippen LogP contribution >= 0.6 is 0 Å². The number of rotatable bonds is 5.